The molecule has 0 saturated heterocycles. The van der Waals surface area contributed by atoms with Gasteiger partial charge in [-0.3, -0.25) is 0 Å². The van der Waals surface area contributed by atoms with Crippen LogP contribution in [-0.4, -0.2) is 11.2 Å². The van der Waals surface area contributed by atoms with E-state index in [9.17, 15) is 5.11 Å². The minimum atomic E-state index is -0.203. The third-order valence-electron chi connectivity index (χ3n) is 2.00. The summed E-state index contributed by atoms with van der Waals surface area (Å²) in [5.41, 5.74) is 0. The largest absolute Gasteiger partial charge is 0.393 e. The lowest BCUT2D eigenvalue weighted by Gasteiger charge is -2.18. The number of aliphatic hydroxyl groups is 1. The first kappa shape index (κ1) is 10.5. The first-order valence-corrected chi connectivity index (χ1v) is 4.37. The Morgan fingerprint density at radius 2 is 2.09 bits per heavy atom. The minimum absolute atomic E-state index is 0.203. The summed E-state index contributed by atoms with van der Waals surface area (Å²) in [6, 6.07) is 0. The Labute approximate surface area is 69.8 Å². The van der Waals surface area contributed by atoms with Crippen LogP contribution in [-0.2, 0) is 0 Å². The van der Waals surface area contributed by atoms with E-state index < -0.39 is 0 Å². The van der Waals surface area contributed by atoms with Crippen LogP contribution in [0.1, 0.15) is 39.5 Å². The third kappa shape index (κ3) is 4.06. The molecule has 0 aromatic rings. The molecule has 0 fully saturated rings. The third-order valence-corrected chi connectivity index (χ3v) is 2.00. The summed E-state index contributed by atoms with van der Waals surface area (Å²) in [6.07, 6.45) is 8.65. The lowest BCUT2D eigenvalue weighted by atomic mass is 9.92. The first-order valence-electron chi connectivity index (χ1n) is 4.37. The zero-order valence-electron chi connectivity index (χ0n) is 7.51. The average molecular weight is 154 g/mol. The number of aliphatic hydroxyl groups excluding tert-OH is 1. The van der Waals surface area contributed by atoms with Gasteiger partial charge in [0.25, 0.3) is 0 Å². The van der Waals surface area contributed by atoms with Gasteiger partial charge in [0, 0.05) is 6.42 Å². The van der Waals surface area contributed by atoms with Crippen molar-refractivity contribution in [3.63, 3.8) is 0 Å². The number of terminal acetylenes is 1. The van der Waals surface area contributed by atoms with Gasteiger partial charge in [-0.25, -0.2) is 0 Å². The molecule has 0 bridgehead atoms. The van der Waals surface area contributed by atoms with Gasteiger partial charge in [-0.05, 0) is 18.8 Å². The number of hydrogen-bond acceptors (Lipinski definition) is 1. The van der Waals surface area contributed by atoms with Crippen LogP contribution < -0.4 is 0 Å². The van der Waals surface area contributed by atoms with E-state index in [1.54, 1.807) is 0 Å². The van der Waals surface area contributed by atoms with Gasteiger partial charge in [-0.2, -0.15) is 0 Å². The molecule has 0 aliphatic rings. The quantitative estimate of drug-likeness (QED) is 0.602. The second kappa shape index (κ2) is 6.24. The zero-order chi connectivity index (χ0) is 8.69. The van der Waals surface area contributed by atoms with Crippen molar-refractivity contribution in [2.75, 3.05) is 0 Å². The fourth-order valence-electron chi connectivity index (χ4n) is 1.29. The highest BCUT2D eigenvalue weighted by atomic mass is 16.3. The van der Waals surface area contributed by atoms with Crippen molar-refractivity contribution < 1.29 is 5.11 Å². The SMILES string of the molecule is C#CCC(CCC)C(O)CC. The van der Waals surface area contributed by atoms with E-state index in [-0.39, 0.29) is 6.10 Å². The van der Waals surface area contributed by atoms with Crippen molar-refractivity contribution in [3.05, 3.63) is 0 Å². The molecule has 2 unspecified atom stereocenters. The summed E-state index contributed by atoms with van der Waals surface area (Å²) in [7, 11) is 0. The van der Waals surface area contributed by atoms with Gasteiger partial charge in [0.15, 0.2) is 0 Å². The molecule has 0 aromatic heterocycles. The minimum Gasteiger partial charge on any atom is -0.393 e. The van der Waals surface area contributed by atoms with Crippen molar-refractivity contribution in [2.45, 2.75) is 45.6 Å². The molecule has 0 rings (SSSR count). The maximum absolute atomic E-state index is 9.48. The van der Waals surface area contributed by atoms with Crippen LogP contribution in [0.3, 0.4) is 0 Å². The molecule has 1 heteroatoms. The molecule has 0 aliphatic heterocycles. The Hall–Kier alpha value is -0.480. The highest BCUT2D eigenvalue weighted by Gasteiger charge is 2.14. The van der Waals surface area contributed by atoms with Gasteiger partial charge in [-0.1, -0.05) is 20.3 Å². The highest BCUT2D eigenvalue weighted by molar-refractivity contribution is 4.88. The predicted octanol–water partition coefficient (Wildman–Crippen LogP) is 2.20. The van der Waals surface area contributed by atoms with E-state index in [0.29, 0.717) is 12.3 Å². The smallest absolute Gasteiger partial charge is 0.0574 e. The molecular formula is C10H18O. The Morgan fingerprint density at radius 3 is 2.45 bits per heavy atom. The van der Waals surface area contributed by atoms with Gasteiger partial charge >= 0.3 is 0 Å². The maximum Gasteiger partial charge on any atom is 0.0574 e. The van der Waals surface area contributed by atoms with Gasteiger partial charge in [0.2, 0.25) is 0 Å². The summed E-state index contributed by atoms with van der Waals surface area (Å²) < 4.78 is 0. The monoisotopic (exact) mass is 154 g/mol. The van der Waals surface area contributed by atoms with E-state index >= 15 is 0 Å². The molecule has 1 nitrogen and oxygen atoms in total. The summed E-state index contributed by atoms with van der Waals surface area (Å²) in [4.78, 5) is 0. The normalized spacial score (nSPS) is 15.5. The number of rotatable bonds is 5. The number of hydrogen-bond donors (Lipinski definition) is 1. The summed E-state index contributed by atoms with van der Waals surface area (Å²) in [5.74, 6) is 2.92. The summed E-state index contributed by atoms with van der Waals surface area (Å²) in [6.45, 7) is 4.11. The molecule has 0 amide bonds. The van der Waals surface area contributed by atoms with E-state index in [1.807, 2.05) is 6.92 Å². The summed E-state index contributed by atoms with van der Waals surface area (Å²) in [5, 5.41) is 9.48. The van der Waals surface area contributed by atoms with E-state index in [2.05, 4.69) is 12.8 Å². The van der Waals surface area contributed by atoms with Gasteiger partial charge in [0.05, 0.1) is 6.10 Å². The summed E-state index contributed by atoms with van der Waals surface area (Å²) >= 11 is 0. The van der Waals surface area contributed by atoms with Crippen molar-refractivity contribution in [1.29, 1.82) is 0 Å². The lowest BCUT2D eigenvalue weighted by molar-refractivity contribution is 0.101. The molecule has 64 valence electrons. The molecule has 2 atom stereocenters. The first-order chi connectivity index (χ1) is 5.26. The highest BCUT2D eigenvalue weighted by Crippen LogP contribution is 2.17. The van der Waals surface area contributed by atoms with Crippen molar-refractivity contribution in [3.8, 4) is 12.3 Å². The molecule has 0 heterocycles. The fraction of sp³-hybridized carbons (Fsp3) is 0.800. The van der Waals surface area contributed by atoms with Crippen molar-refractivity contribution in [1.82, 2.24) is 0 Å². The van der Waals surface area contributed by atoms with E-state index in [4.69, 9.17) is 6.42 Å². The molecular weight excluding hydrogens is 136 g/mol. The average Bonchev–Trinajstić information content (AvgIpc) is 2.03. The molecule has 1 N–H and O–H groups in total. The van der Waals surface area contributed by atoms with E-state index in [0.717, 1.165) is 19.3 Å². The fourth-order valence-corrected chi connectivity index (χ4v) is 1.29. The topological polar surface area (TPSA) is 20.2 Å². The van der Waals surface area contributed by atoms with Crippen LogP contribution in [0.25, 0.3) is 0 Å². The van der Waals surface area contributed by atoms with Crippen LogP contribution in [0.5, 0.6) is 0 Å². The molecule has 0 spiro atoms. The van der Waals surface area contributed by atoms with Crippen LogP contribution in [0.4, 0.5) is 0 Å². The van der Waals surface area contributed by atoms with Gasteiger partial charge < -0.3 is 5.11 Å². The van der Waals surface area contributed by atoms with Crippen LogP contribution in [0.2, 0.25) is 0 Å². The van der Waals surface area contributed by atoms with Crippen molar-refractivity contribution >= 4 is 0 Å². The Bertz CT molecular complexity index is 123. The second-order valence-corrected chi connectivity index (χ2v) is 2.93. The van der Waals surface area contributed by atoms with Gasteiger partial charge in [0.1, 0.15) is 0 Å². The standard InChI is InChI=1S/C10H18O/c1-4-7-9(8-5-2)10(11)6-3/h1,9-11H,5-8H2,2-3H3. The van der Waals surface area contributed by atoms with Crippen molar-refractivity contribution in [2.24, 2.45) is 5.92 Å². The predicted molar refractivity (Wildman–Crippen MR) is 48.1 cm³/mol. The molecule has 0 aromatic carbocycles. The second-order valence-electron chi connectivity index (χ2n) is 2.93. The van der Waals surface area contributed by atoms with Crippen LogP contribution in [0.15, 0.2) is 0 Å². The Morgan fingerprint density at radius 1 is 1.45 bits per heavy atom. The molecule has 0 radical (unpaired) electrons. The Kier molecular flexibility index (Phi) is 5.97. The van der Waals surface area contributed by atoms with Gasteiger partial charge in [-0.15, -0.1) is 12.3 Å². The van der Waals surface area contributed by atoms with Crippen LogP contribution in [0, 0.1) is 18.3 Å². The molecule has 0 aliphatic carbocycles. The lowest BCUT2D eigenvalue weighted by Crippen LogP contribution is -2.18. The molecule has 0 saturated carbocycles. The zero-order valence-corrected chi connectivity index (χ0v) is 7.51. The maximum atomic E-state index is 9.48. The van der Waals surface area contributed by atoms with E-state index in [1.165, 1.54) is 0 Å². The molecule has 11 heavy (non-hydrogen) atoms. The Balaban J connectivity index is 3.78. The van der Waals surface area contributed by atoms with Crippen LogP contribution >= 0.6 is 0 Å².